The standard InChI is InChI=1S/C26H27ClN2O2/c1-15-8-5-6-11-19(15)29-25(31)22-16(2)28-20-13-26(3,4)14-21(30)24(20)23(22)17-9-7-10-18(27)12-17/h5-12,23,28H,13-14H2,1-4H3,(H,29,31). The van der Waals surface area contributed by atoms with Crippen LogP contribution in [-0.4, -0.2) is 11.7 Å². The van der Waals surface area contributed by atoms with Crippen molar-refractivity contribution in [1.82, 2.24) is 5.32 Å². The van der Waals surface area contributed by atoms with E-state index in [0.29, 0.717) is 22.6 Å². The van der Waals surface area contributed by atoms with Crippen LogP contribution in [0.4, 0.5) is 5.69 Å². The van der Waals surface area contributed by atoms with Gasteiger partial charge >= 0.3 is 0 Å². The number of benzene rings is 2. The number of hydrogen-bond acceptors (Lipinski definition) is 3. The average Bonchev–Trinajstić information content (AvgIpc) is 2.67. The van der Waals surface area contributed by atoms with E-state index >= 15 is 0 Å². The van der Waals surface area contributed by atoms with Crippen molar-refractivity contribution in [2.75, 3.05) is 5.32 Å². The maximum atomic E-state index is 13.5. The summed E-state index contributed by atoms with van der Waals surface area (Å²) in [6.45, 7) is 8.06. The molecule has 1 heterocycles. The fourth-order valence-corrected chi connectivity index (χ4v) is 4.86. The highest BCUT2D eigenvalue weighted by molar-refractivity contribution is 6.30. The molecule has 0 spiro atoms. The van der Waals surface area contributed by atoms with E-state index in [4.69, 9.17) is 11.6 Å². The Balaban J connectivity index is 1.83. The number of Topliss-reactive ketones (excluding diaryl/α,β-unsaturated/α-hetero) is 1. The van der Waals surface area contributed by atoms with Gasteiger partial charge in [-0.3, -0.25) is 9.59 Å². The van der Waals surface area contributed by atoms with Crippen LogP contribution in [0.2, 0.25) is 5.02 Å². The van der Waals surface area contributed by atoms with Crippen molar-refractivity contribution in [3.8, 4) is 0 Å². The molecule has 0 aromatic heterocycles. The summed E-state index contributed by atoms with van der Waals surface area (Å²) in [4.78, 5) is 26.8. The van der Waals surface area contributed by atoms with Gasteiger partial charge in [0.1, 0.15) is 0 Å². The Morgan fingerprint density at radius 2 is 1.84 bits per heavy atom. The molecule has 2 aromatic rings. The SMILES string of the molecule is CC1=C(C(=O)Nc2ccccc2C)C(c2cccc(Cl)c2)C2=C(CC(C)(C)CC2=O)N1. The highest BCUT2D eigenvalue weighted by Crippen LogP contribution is 2.47. The molecule has 1 atom stereocenters. The molecule has 4 nitrogen and oxygen atoms in total. The number of carbonyl (C=O) groups is 2. The van der Waals surface area contributed by atoms with Crippen LogP contribution in [0.1, 0.15) is 50.7 Å². The van der Waals surface area contributed by atoms with Crippen molar-refractivity contribution in [3.05, 3.63) is 87.2 Å². The van der Waals surface area contributed by atoms with Gasteiger partial charge in [0.2, 0.25) is 0 Å². The van der Waals surface area contributed by atoms with E-state index in [1.165, 1.54) is 0 Å². The summed E-state index contributed by atoms with van der Waals surface area (Å²) in [6.07, 6.45) is 1.21. The van der Waals surface area contributed by atoms with E-state index in [2.05, 4.69) is 24.5 Å². The van der Waals surface area contributed by atoms with Crippen molar-refractivity contribution < 1.29 is 9.59 Å². The predicted octanol–water partition coefficient (Wildman–Crippen LogP) is 5.89. The number of anilines is 1. The minimum Gasteiger partial charge on any atom is -0.362 e. The molecular weight excluding hydrogens is 408 g/mol. The molecule has 160 valence electrons. The number of dihydropyridines is 1. The number of ketones is 1. The second-order valence-electron chi connectivity index (χ2n) is 9.25. The number of nitrogens with one attached hydrogen (secondary N) is 2. The second-order valence-corrected chi connectivity index (χ2v) is 9.69. The lowest BCUT2D eigenvalue weighted by atomic mass is 9.68. The van der Waals surface area contributed by atoms with Gasteiger partial charge in [0.25, 0.3) is 5.91 Å². The van der Waals surface area contributed by atoms with Gasteiger partial charge in [-0.2, -0.15) is 0 Å². The fraction of sp³-hybridized carbons (Fsp3) is 0.308. The van der Waals surface area contributed by atoms with Crippen LogP contribution in [0, 0.1) is 12.3 Å². The number of para-hydroxylation sites is 1. The molecule has 0 bridgehead atoms. The molecule has 0 saturated heterocycles. The van der Waals surface area contributed by atoms with Crippen LogP contribution in [0.15, 0.2) is 71.1 Å². The predicted molar refractivity (Wildman–Crippen MR) is 125 cm³/mol. The molecular formula is C26H27ClN2O2. The Kier molecular flexibility index (Phi) is 5.52. The minimum absolute atomic E-state index is 0.0809. The molecule has 2 aromatic carbocycles. The van der Waals surface area contributed by atoms with E-state index in [9.17, 15) is 9.59 Å². The smallest absolute Gasteiger partial charge is 0.254 e. The van der Waals surface area contributed by atoms with Gasteiger partial charge < -0.3 is 10.6 Å². The molecule has 5 heteroatoms. The number of hydrogen-bond donors (Lipinski definition) is 2. The molecule has 2 aliphatic rings. The summed E-state index contributed by atoms with van der Waals surface area (Å²) in [5.74, 6) is -0.589. The van der Waals surface area contributed by atoms with E-state index < -0.39 is 5.92 Å². The summed E-state index contributed by atoms with van der Waals surface area (Å²) in [7, 11) is 0. The molecule has 1 aliphatic heterocycles. The number of amides is 1. The normalized spacial score (nSPS) is 20.3. The van der Waals surface area contributed by atoms with Crippen LogP contribution in [0.5, 0.6) is 0 Å². The molecule has 2 N–H and O–H groups in total. The Morgan fingerprint density at radius 1 is 1.10 bits per heavy atom. The summed E-state index contributed by atoms with van der Waals surface area (Å²) in [5.41, 5.74) is 5.38. The molecule has 4 rings (SSSR count). The topological polar surface area (TPSA) is 58.2 Å². The van der Waals surface area contributed by atoms with Crippen molar-refractivity contribution in [1.29, 1.82) is 0 Å². The maximum absolute atomic E-state index is 13.5. The number of carbonyl (C=O) groups excluding carboxylic acids is 2. The van der Waals surface area contributed by atoms with Crippen molar-refractivity contribution >= 4 is 29.0 Å². The Bertz CT molecular complexity index is 1140. The quantitative estimate of drug-likeness (QED) is 0.633. The lowest BCUT2D eigenvalue weighted by Gasteiger charge is -2.39. The van der Waals surface area contributed by atoms with Crippen molar-refractivity contribution in [2.24, 2.45) is 5.41 Å². The highest BCUT2D eigenvalue weighted by Gasteiger charge is 2.42. The number of rotatable bonds is 3. The summed E-state index contributed by atoms with van der Waals surface area (Å²) >= 11 is 6.30. The van der Waals surface area contributed by atoms with Crippen LogP contribution in [0.25, 0.3) is 0 Å². The molecule has 0 fully saturated rings. The third-order valence-electron chi connectivity index (χ3n) is 6.06. The van der Waals surface area contributed by atoms with E-state index in [0.717, 1.165) is 34.6 Å². The molecule has 0 radical (unpaired) electrons. The second kappa shape index (κ2) is 8.01. The lowest BCUT2D eigenvalue weighted by molar-refractivity contribution is -0.118. The van der Waals surface area contributed by atoms with Gasteiger partial charge in [0.05, 0.1) is 0 Å². The van der Waals surface area contributed by atoms with Gasteiger partial charge in [-0.15, -0.1) is 0 Å². The lowest BCUT2D eigenvalue weighted by Crippen LogP contribution is -2.39. The summed E-state index contributed by atoms with van der Waals surface area (Å²) in [6, 6.07) is 15.1. The van der Waals surface area contributed by atoms with Gasteiger partial charge in [0, 0.05) is 45.6 Å². The first kappa shape index (κ1) is 21.4. The zero-order valence-electron chi connectivity index (χ0n) is 18.3. The maximum Gasteiger partial charge on any atom is 0.254 e. The average molecular weight is 435 g/mol. The van der Waals surface area contributed by atoms with Crippen LogP contribution in [-0.2, 0) is 9.59 Å². The molecule has 1 amide bonds. The van der Waals surface area contributed by atoms with Crippen molar-refractivity contribution in [2.45, 2.75) is 46.5 Å². The van der Waals surface area contributed by atoms with Gasteiger partial charge in [-0.25, -0.2) is 0 Å². The fourth-order valence-electron chi connectivity index (χ4n) is 4.66. The Hall–Kier alpha value is -2.85. The van der Waals surface area contributed by atoms with Gasteiger partial charge in [-0.1, -0.05) is 55.8 Å². The Morgan fingerprint density at radius 3 is 2.55 bits per heavy atom. The van der Waals surface area contributed by atoms with Crippen LogP contribution in [0.3, 0.4) is 0 Å². The van der Waals surface area contributed by atoms with Gasteiger partial charge in [0.15, 0.2) is 5.78 Å². The van der Waals surface area contributed by atoms with Crippen LogP contribution >= 0.6 is 11.6 Å². The number of aryl methyl sites for hydroxylation is 1. The zero-order valence-corrected chi connectivity index (χ0v) is 19.1. The molecule has 1 aliphatic carbocycles. The first-order valence-corrected chi connectivity index (χ1v) is 10.9. The van der Waals surface area contributed by atoms with E-state index in [1.807, 2.05) is 56.3 Å². The number of allylic oxidation sites excluding steroid dienone is 3. The zero-order chi connectivity index (χ0) is 22.3. The highest BCUT2D eigenvalue weighted by atomic mass is 35.5. The molecule has 0 saturated carbocycles. The minimum atomic E-state index is -0.456. The van der Waals surface area contributed by atoms with Crippen LogP contribution < -0.4 is 10.6 Å². The van der Waals surface area contributed by atoms with E-state index in [1.54, 1.807) is 6.07 Å². The summed E-state index contributed by atoms with van der Waals surface area (Å²) < 4.78 is 0. The first-order valence-electron chi connectivity index (χ1n) is 10.5. The Labute approximate surface area is 188 Å². The largest absolute Gasteiger partial charge is 0.362 e. The van der Waals surface area contributed by atoms with Gasteiger partial charge in [-0.05, 0) is 55.0 Å². The molecule has 31 heavy (non-hydrogen) atoms. The molecule has 1 unspecified atom stereocenters. The first-order chi connectivity index (χ1) is 14.7. The van der Waals surface area contributed by atoms with Crippen molar-refractivity contribution in [3.63, 3.8) is 0 Å². The third kappa shape index (κ3) is 4.17. The monoisotopic (exact) mass is 434 g/mol. The number of halogens is 1. The third-order valence-corrected chi connectivity index (χ3v) is 6.29. The van der Waals surface area contributed by atoms with E-state index in [-0.39, 0.29) is 17.1 Å². The summed E-state index contributed by atoms with van der Waals surface area (Å²) in [5, 5.41) is 7.02.